The minimum Gasteiger partial charge on any atom is -0.295 e. The third kappa shape index (κ3) is 5.64. The van der Waals surface area contributed by atoms with Crippen molar-refractivity contribution in [3.8, 4) is 45.0 Å². The molecule has 4 heterocycles. The summed E-state index contributed by atoms with van der Waals surface area (Å²) >= 11 is 0. The van der Waals surface area contributed by atoms with Gasteiger partial charge in [-0.3, -0.25) is 19.6 Å². The normalized spacial score (nSPS) is 10.8. The Bertz CT molecular complexity index is 1750. The summed E-state index contributed by atoms with van der Waals surface area (Å²) in [5.41, 5.74) is 9.18. The van der Waals surface area contributed by atoms with Crippen LogP contribution in [0.1, 0.15) is 34.6 Å². The summed E-state index contributed by atoms with van der Waals surface area (Å²) in [6.45, 7) is 3.14. The Morgan fingerprint density at radius 1 is 0.476 bits per heavy atom. The second kappa shape index (κ2) is 11.5. The van der Waals surface area contributed by atoms with Crippen LogP contribution in [0.2, 0.25) is 0 Å². The average Bonchev–Trinajstić information content (AvgIpc) is 3.05. The van der Waals surface area contributed by atoms with Crippen molar-refractivity contribution in [2.75, 3.05) is 0 Å². The van der Waals surface area contributed by atoms with Crippen molar-refractivity contribution in [2.24, 2.45) is 0 Å². The van der Waals surface area contributed by atoms with Gasteiger partial charge in [0.2, 0.25) is 11.4 Å². The minimum atomic E-state index is 0.0567. The molecule has 0 atom stereocenters. The summed E-state index contributed by atoms with van der Waals surface area (Å²) in [4.78, 5) is 32.4. The zero-order valence-corrected chi connectivity index (χ0v) is 23.3. The van der Waals surface area contributed by atoms with Gasteiger partial charge in [0.25, 0.3) is 0 Å². The zero-order valence-electron chi connectivity index (χ0n) is 23.3. The van der Waals surface area contributed by atoms with Gasteiger partial charge in [-0.2, -0.15) is 9.13 Å². The monoisotopic (exact) mass is 548 g/mol. The van der Waals surface area contributed by atoms with E-state index in [0.717, 1.165) is 45.0 Å². The van der Waals surface area contributed by atoms with Crippen LogP contribution in [0, 0.1) is 0 Å². The fraction of sp³-hybridized carbons (Fsp3) is 0.0556. The predicted octanol–water partition coefficient (Wildman–Crippen LogP) is 6.44. The van der Waals surface area contributed by atoms with Gasteiger partial charge in [-0.05, 0) is 84.6 Å². The molecule has 6 heteroatoms. The van der Waals surface area contributed by atoms with E-state index in [1.54, 1.807) is 13.8 Å². The molecule has 202 valence electrons. The number of Topliss-reactive ketones (excluding diaryl/α,β-unsaturated/α-hetero) is 2. The molecule has 6 nitrogen and oxygen atoms in total. The van der Waals surface area contributed by atoms with E-state index in [-0.39, 0.29) is 11.6 Å². The van der Waals surface area contributed by atoms with Crippen LogP contribution in [0.3, 0.4) is 0 Å². The SMILES string of the molecule is CC(=O)c1ccc(-[n+]2ccc(-c3ccnc(-c4cc(-c5cc[n+](-c6ccc(C(C)=O)cc6)cc5)ccn4)c3)cc2)cc1. The van der Waals surface area contributed by atoms with Gasteiger partial charge in [-0.15, -0.1) is 0 Å². The van der Waals surface area contributed by atoms with Crippen LogP contribution in [0.4, 0.5) is 0 Å². The number of rotatable bonds is 7. The number of hydrogen-bond acceptors (Lipinski definition) is 4. The van der Waals surface area contributed by atoms with Gasteiger partial charge >= 0.3 is 0 Å². The van der Waals surface area contributed by atoms with Gasteiger partial charge in [0.1, 0.15) is 0 Å². The summed E-state index contributed by atoms with van der Waals surface area (Å²) < 4.78 is 4.04. The highest BCUT2D eigenvalue weighted by molar-refractivity contribution is 5.94. The smallest absolute Gasteiger partial charge is 0.210 e. The van der Waals surface area contributed by atoms with Crippen LogP contribution in [0.15, 0.2) is 134 Å². The molecule has 0 unspecified atom stereocenters. The Morgan fingerprint density at radius 3 is 1.17 bits per heavy atom. The van der Waals surface area contributed by atoms with Crippen LogP contribution in [-0.2, 0) is 0 Å². The van der Waals surface area contributed by atoms with Gasteiger partial charge < -0.3 is 0 Å². The topological polar surface area (TPSA) is 67.7 Å². The number of carbonyl (C=O) groups is 2. The molecule has 0 N–H and O–H groups in total. The molecule has 0 fully saturated rings. The number of carbonyl (C=O) groups excluding carboxylic acids is 2. The molecule has 2 aromatic carbocycles. The summed E-state index contributed by atoms with van der Waals surface area (Å²) in [7, 11) is 0. The lowest BCUT2D eigenvalue weighted by Gasteiger charge is -2.07. The van der Waals surface area contributed by atoms with Crippen LogP contribution in [-0.4, -0.2) is 21.5 Å². The van der Waals surface area contributed by atoms with Crippen molar-refractivity contribution in [2.45, 2.75) is 13.8 Å². The van der Waals surface area contributed by atoms with E-state index in [1.807, 2.05) is 107 Å². The molecular weight excluding hydrogens is 520 g/mol. The highest BCUT2D eigenvalue weighted by Crippen LogP contribution is 2.26. The highest BCUT2D eigenvalue weighted by atomic mass is 16.1. The van der Waals surface area contributed by atoms with E-state index in [9.17, 15) is 9.59 Å². The maximum absolute atomic E-state index is 11.6. The fourth-order valence-electron chi connectivity index (χ4n) is 4.82. The molecule has 0 spiro atoms. The molecular formula is C36H28N4O2+2. The van der Waals surface area contributed by atoms with Gasteiger partial charge in [0.15, 0.2) is 36.4 Å². The summed E-state index contributed by atoms with van der Waals surface area (Å²) in [5, 5.41) is 0. The van der Waals surface area contributed by atoms with Crippen LogP contribution < -0.4 is 9.13 Å². The first-order valence-corrected chi connectivity index (χ1v) is 13.6. The summed E-state index contributed by atoms with van der Waals surface area (Å²) in [5.74, 6) is 0.113. The van der Waals surface area contributed by atoms with Crippen molar-refractivity contribution in [3.63, 3.8) is 0 Å². The van der Waals surface area contributed by atoms with Crippen molar-refractivity contribution in [1.29, 1.82) is 0 Å². The first-order valence-electron chi connectivity index (χ1n) is 13.6. The molecule has 0 amide bonds. The number of hydrogen-bond donors (Lipinski definition) is 0. The summed E-state index contributed by atoms with van der Waals surface area (Å²) in [6.07, 6.45) is 11.7. The Morgan fingerprint density at radius 2 is 0.833 bits per heavy atom. The second-order valence-electron chi connectivity index (χ2n) is 10.1. The third-order valence-electron chi connectivity index (χ3n) is 7.25. The van der Waals surface area contributed by atoms with Crippen LogP contribution >= 0.6 is 0 Å². The molecule has 0 aliphatic heterocycles. The van der Waals surface area contributed by atoms with Crippen molar-refractivity contribution < 1.29 is 18.7 Å². The number of nitrogens with zero attached hydrogens (tertiary/aromatic N) is 4. The van der Waals surface area contributed by atoms with E-state index in [2.05, 4.69) is 46.4 Å². The quantitative estimate of drug-likeness (QED) is 0.170. The second-order valence-corrected chi connectivity index (χ2v) is 10.1. The van der Waals surface area contributed by atoms with E-state index in [1.165, 1.54) is 0 Å². The minimum absolute atomic E-state index is 0.0567. The molecule has 0 saturated heterocycles. The maximum Gasteiger partial charge on any atom is 0.210 e. The fourth-order valence-corrected chi connectivity index (χ4v) is 4.82. The van der Waals surface area contributed by atoms with E-state index >= 15 is 0 Å². The van der Waals surface area contributed by atoms with Gasteiger partial charge in [0.05, 0.1) is 11.4 Å². The molecule has 6 aromatic rings. The number of aromatic nitrogens is 4. The van der Waals surface area contributed by atoms with E-state index < -0.39 is 0 Å². The third-order valence-corrected chi connectivity index (χ3v) is 7.25. The standard InChI is InChI=1S/C36H28N4O2/c1-25(41)27-3-7-33(8-4-27)39-19-13-29(14-20-39)31-11-17-37-35(23-31)36-24-32(12-18-38-36)30-15-21-40(22-16-30)34-9-5-28(6-10-34)26(2)42/h3-24H,1-2H3/q+2. The molecule has 0 saturated carbocycles. The van der Waals surface area contributed by atoms with Crippen LogP contribution in [0.5, 0.6) is 0 Å². The zero-order chi connectivity index (χ0) is 29.1. The van der Waals surface area contributed by atoms with Crippen molar-refractivity contribution in [1.82, 2.24) is 9.97 Å². The number of pyridine rings is 4. The Hall–Kier alpha value is -5.62. The lowest BCUT2D eigenvalue weighted by Crippen LogP contribution is -2.29. The number of benzene rings is 2. The predicted molar refractivity (Wildman–Crippen MR) is 161 cm³/mol. The molecule has 0 bridgehead atoms. The number of ketones is 2. The molecule has 0 aliphatic carbocycles. The van der Waals surface area contributed by atoms with Gasteiger partial charge in [-0.1, -0.05) is 0 Å². The summed E-state index contributed by atoms with van der Waals surface area (Å²) in [6, 6.07) is 31.5. The van der Waals surface area contributed by atoms with Crippen LogP contribution in [0.25, 0.3) is 45.0 Å². The van der Waals surface area contributed by atoms with Crippen molar-refractivity contribution >= 4 is 11.6 Å². The molecule has 6 rings (SSSR count). The lowest BCUT2D eigenvalue weighted by molar-refractivity contribution is -0.595. The Balaban J connectivity index is 1.22. The lowest BCUT2D eigenvalue weighted by atomic mass is 10.0. The van der Waals surface area contributed by atoms with E-state index in [0.29, 0.717) is 11.1 Å². The largest absolute Gasteiger partial charge is 0.295 e. The molecule has 0 radical (unpaired) electrons. The maximum atomic E-state index is 11.6. The van der Waals surface area contributed by atoms with Crippen molar-refractivity contribution in [3.05, 3.63) is 145 Å². The molecule has 4 aromatic heterocycles. The molecule has 42 heavy (non-hydrogen) atoms. The van der Waals surface area contributed by atoms with Gasteiger partial charge in [-0.25, -0.2) is 0 Å². The van der Waals surface area contributed by atoms with E-state index in [4.69, 9.17) is 0 Å². The van der Waals surface area contributed by atoms with Gasteiger partial charge in [0, 0.05) is 72.1 Å². The first kappa shape index (κ1) is 26.6. The highest BCUT2D eigenvalue weighted by Gasteiger charge is 2.12. The Labute approximate surface area is 244 Å². The molecule has 0 aliphatic rings. The Kier molecular flexibility index (Phi) is 7.26. The first-order chi connectivity index (χ1) is 20.4. The average molecular weight is 549 g/mol.